The number of benzene rings is 6. The van der Waals surface area contributed by atoms with Gasteiger partial charge in [0.1, 0.15) is 17.6 Å². The fourth-order valence-electron chi connectivity index (χ4n) is 7.18. The van der Waals surface area contributed by atoms with Gasteiger partial charge in [0.25, 0.3) is 0 Å². The minimum Gasteiger partial charge on any atom is -0.454 e. The Bertz CT molecular complexity index is 2590. The maximum Gasteiger partial charge on any atom is 0.160 e. The highest BCUT2D eigenvalue weighted by atomic mass is 16.3. The van der Waals surface area contributed by atoms with E-state index >= 15 is 0 Å². The van der Waals surface area contributed by atoms with Gasteiger partial charge in [0.2, 0.25) is 0 Å². The molecule has 3 heterocycles. The van der Waals surface area contributed by atoms with Gasteiger partial charge in [0.15, 0.2) is 11.4 Å². The Morgan fingerprint density at radius 3 is 2.17 bits per heavy atom. The first kappa shape index (κ1) is 25.9. The highest BCUT2D eigenvalue weighted by molar-refractivity contribution is 6.22. The highest BCUT2D eigenvalue weighted by Crippen LogP contribution is 2.48. The van der Waals surface area contributed by atoms with Crippen molar-refractivity contribution in [1.82, 2.24) is 10.3 Å². The molecule has 5 heteroatoms. The van der Waals surface area contributed by atoms with E-state index in [-0.39, 0.29) is 6.17 Å². The number of nitrogens with one attached hydrogen (secondary N) is 1. The summed E-state index contributed by atoms with van der Waals surface area (Å²) in [5, 5.41) is 8.23. The second kappa shape index (κ2) is 10.1. The molecule has 2 aliphatic rings. The second-order valence-corrected chi connectivity index (χ2v) is 12.1. The van der Waals surface area contributed by atoms with Crippen LogP contribution in [0.4, 0.5) is 0 Å². The summed E-state index contributed by atoms with van der Waals surface area (Å²) in [6.07, 6.45) is 3.22. The van der Waals surface area contributed by atoms with E-state index in [1.807, 2.05) is 36.4 Å². The smallest absolute Gasteiger partial charge is 0.160 e. The minimum absolute atomic E-state index is 0.325. The van der Waals surface area contributed by atoms with Crippen molar-refractivity contribution in [1.29, 1.82) is 0 Å². The molecule has 1 unspecified atom stereocenters. The predicted octanol–water partition coefficient (Wildman–Crippen LogP) is 9.94. The molecule has 10 rings (SSSR count). The molecule has 6 aromatic carbocycles. The molecule has 0 saturated carbocycles. The standard InChI is InChI=1S/C42H26N4O/c1-2-7-27(8-3-1)40-44-41(46-42(45-40)34-13-6-14-36-39(34)33-21-22-43-24-37(33)47-36)28-17-15-25(16-18-28)29-19-20-30-31-11-4-9-26-10-5-12-32(38(26)31)35(30)23-29/h1-24,41H,(H,44,45,46). The van der Waals surface area contributed by atoms with E-state index in [0.717, 1.165) is 44.5 Å². The summed E-state index contributed by atoms with van der Waals surface area (Å²) in [5.41, 5.74) is 12.1. The summed E-state index contributed by atoms with van der Waals surface area (Å²) in [7, 11) is 0. The summed E-state index contributed by atoms with van der Waals surface area (Å²) in [5.74, 6) is 1.44. The third kappa shape index (κ3) is 4.07. The van der Waals surface area contributed by atoms with Crippen LogP contribution in [0.25, 0.3) is 66.1 Å². The maximum absolute atomic E-state index is 6.14. The summed E-state index contributed by atoms with van der Waals surface area (Å²) >= 11 is 0. The Kier molecular flexibility index (Phi) is 5.57. The molecule has 1 aliphatic carbocycles. The topological polar surface area (TPSA) is 62.8 Å². The lowest BCUT2D eigenvalue weighted by Gasteiger charge is -2.24. The Labute approximate surface area is 270 Å². The Hall–Kier alpha value is -6.33. The molecular formula is C42H26N4O. The lowest BCUT2D eigenvalue weighted by atomic mass is 9.96. The van der Waals surface area contributed by atoms with Crippen LogP contribution in [-0.2, 0) is 0 Å². The van der Waals surface area contributed by atoms with Crippen molar-refractivity contribution in [3.8, 4) is 33.4 Å². The molecule has 0 fully saturated rings. The molecule has 1 N–H and O–H groups in total. The maximum atomic E-state index is 6.14. The number of nitrogens with zero attached hydrogens (tertiary/aromatic N) is 3. The number of rotatable bonds is 4. The SMILES string of the molecule is c1ccc(C2=NC(c3cccc4oc5cnccc5c34)=NC(c3ccc(-c4ccc5c(c4)-c4cccc6cccc-5c46)cc3)N2)cc1. The van der Waals surface area contributed by atoms with E-state index in [0.29, 0.717) is 5.84 Å². The van der Waals surface area contributed by atoms with Gasteiger partial charge < -0.3 is 9.73 Å². The molecule has 1 aliphatic heterocycles. The van der Waals surface area contributed by atoms with Crippen LogP contribution < -0.4 is 5.32 Å². The van der Waals surface area contributed by atoms with Gasteiger partial charge in [-0.05, 0) is 67.9 Å². The van der Waals surface area contributed by atoms with Crippen LogP contribution in [0.15, 0.2) is 160 Å². The zero-order chi connectivity index (χ0) is 30.9. The molecule has 220 valence electrons. The quantitative estimate of drug-likeness (QED) is 0.218. The van der Waals surface area contributed by atoms with Gasteiger partial charge in [-0.15, -0.1) is 0 Å². The number of aliphatic imine (C=N–C) groups is 2. The molecule has 0 bridgehead atoms. The molecule has 0 radical (unpaired) electrons. The van der Waals surface area contributed by atoms with E-state index < -0.39 is 0 Å². The van der Waals surface area contributed by atoms with E-state index in [2.05, 4.69) is 107 Å². The van der Waals surface area contributed by atoms with Crippen molar-refractivity contribution >= 4 is 44.4 Å². The number of aromatic nitrogens is 1. The van der Waals surface area contributed by atoms with Crippen molar-refractivity contribution in [3.05, 3.63) is 163 Å². The van der Waals surface area contributed by atoms with Gasteiger partial charge in [-0.25, -0.2) is 9.98 Å². The van der Waals surface area contributed by atoms with Gasteiger partial charge in [0.05, 0.1) is 6.20 Å². The van der Waals surface area contributed by atoms with Crippen molar-refractivity contribution < 1.29 is 4.42 Å². The molecule has 0 spiro atoms. The van der Waals surface area contributed by atoms with E-state index in [1.165, 1.54) is 44.2 Å². The largest absolute Gasteiger partial charge is 0.454 e. The summed E-state index contributed by atoms with van der Waals surface area (Å²) in [6, 6.07) is 47.0. The number of hydrogen-bond acceptors (Lipinski definition) is 5. The molecule has 2 aromatic heterocycles. The van der Waals surface area contributed by atoms with Crippen LogP contribution in [0.2, 0.25) is 0 Å². The fraction of sp³-hybridized carbons (Fsp3) is 0.0238. The van der Waals surface area contributed by atoms with Crippen molar-refractivity contribution in [2.75, 3.05) is 0 Å². The van der Waals surface area contributed by atoms with Crippen LogP contribution in [0.5, 0.6) is 0 Å². The number of amidine groups is 2. The second-order valence-electron chi connectivity index (χ2n) is 12.1. The molecule has 8 aromatic rings. The predicted molar refractivity (Wildman–Crippen MR) is 191 cm³/mol. The third-order valence-electron chi connectivity index (χ3n) is 9.40. The Morgan fingerprint density at radius 2 is 1.32 bits per heavy atom. The average Bonchev–Trinajstić information content (AvgIpc) is 3.69. The fourth-order valence-corrected chi connectivity index (χ4v) is 7.18. The zero-order valence-electron chi connectivity index (χ0n) is 25.2. The molecule has 47 heavy (non-hydrogen) atoms. The van der Waals surface area contributed by atoms with Crippen LogP contribution >= 0.6 is 0 Å². The highest BCUT2D eigenvalue weighted by Gasteiger charge is 2.24. The van der Waals surface area contributed by atoms with E-state index in [9.17, 15) is 0 Å². The van der Waals surface area contributed by atoms with Crippen LogP contribution in [-0.4, -0.2) is 16.7 Å². The van der Waals surface area contributed by atoms with Crippen LogP contribution in [0.3, 0.4) is 0 Å². The first-order chi connectivity index (χ1) is 23.3. The molecular weight excluding hydrogens is 576 g/mol. The zero-order valence-corrected chi connectivity index (χ0v) is 25.2. The number of hydrogen-bond donors (Lipinski definition) is 1. The van der Waals surface area contributed by atoms with Crippen LogP contribution in [0.1, 0.15) is 22.9 Å². The van der Waals surface area contributed by atoms with E-state index in [1.54, 1.807) is 12.4 Å². The van der Waals surface area contributed by atoms with Crippen LogP contribution in [0, 0.1) is 0 Å². The number of fused-ring (bicyclic) bond motifs is 6. The first-order valence-electron chi connectivity index (χ1n) is 15.8. The first-order valence-corrected chi connectivity index (χ1v) is 15.8. The van der Waals surface area contributed by atoms with Crippen molar-refractivity contribution in [2.24, 2.45) is 9.98 Å². The average molecular weight is 603 g/mol. The molecule has 0 amide bonds. The van der Waals surface area contributed by atoms with Gasteiger partial charge in [0, 0.05) is 28.1 Å². The Morgan fingerprint density at radius 1 is 0.553 bits per heavy atom. The minimum atomic E-state index is -0.325. The normalized spacial score (nSPS) is 15.0. The number of pyridine rings is 1. The van der Waals surface area contributed by atoms with Gasteiger partial charge in [-0.2, -0.15) is 0 Å². The van der Waals surface area contributed by atoms with E-state index in [4.69, 9.17) is 14.4 Å². The Balaban J connectivity index is 1.05. The monoisotopic (exact) mass is 602 g/mol. The molecule has 0 saturated heterocycles. The molecule has 5 nitrogen and oxygen atoms in total. The summed E-state index contributed by atoms with van der Waals surface area (Å²) in [6.45, 7) is 0. The molecule has 1 atom stereocenters. The lowest BCUT2D eigenvalue weighted by molar-refractivity contribution is 0.666. The van der Waals surface area contributed by atoms with Gasteiger partial charge in [-0.1, -0.05) is 115 Å². The van der Waals surface area contributed by atoms with Crippen molar-refractivity contribution in [3.63, 3.8) is 0 Å². The lowest BCUT2D eigenvalue weighted by Crippen LogP contribution is -2.33. The summed E-state index contributed by atoms with van der Waals surface area (Å²) in [4.78, 5) is 14.5. The van der Waals surface area contributed by atoms with Crippen molar-refractivity contribution in [2.45, 2.75) is 6.17 Å². The third-order valence-corrected chi connectivity index (χ3v) is 9.40. The number of furan rings is 1. The van der Waals surface area contributed by atoms with Gasteiger partial charge >= 0.3 is 0 Å². The van der Waals surface area contributed by atoms with Gasteiger partial charge in [-0.3, -0.25) is 4.98 Å². The summed E-state index contributed by atoms with van der Waals surface area (Å²) < 4.78 is 6.14.